The van der Waals surface area contributed by atoms with E-state index in [0.29, 0.717) is 5.41 Å². The first-order valence-corrected chi connectivity index (χ1v) is 5.30. The van der Waals surface area contributed by atoms with Crippen molar-refractivity contribution in [2.24, 2.45) is 11.1 Å². The zero-order valence-corrected chi connectivity index (χ0v) is 8.45. The van der Waals surface area contributed by atoms with Crippen molar-refractivity contribution in [2.75, 3.05) is 0 Å². The highest BCUT2D eigenvalue weighted by atomic mass is 32.1. The molecule has 0 radical (unpaired) electrons. The van der Waals surface area contributed by atoms with E-state index in [0.717, 1.165) is 0 Å². The van der Waals surface area contributed by atoms with Crippen molar-refractivity contribution < 1.29 is 0 Å². The van der Waals surface area contributed by atoms with E-state index in [2.05, 4.69) is 25.3 Å². The second-order valence-electron chi connectivity index (χ2n) is 4.12. The van der Waals surface area contributed by atoms with Crippen LogP contribution in [-0.4, -0.2) is 0 Å². The second kappa shape index (κ2) is 2.57. The minimum Gasteiger partial charge on any atom is -0.323 e. The van der Waals surface area contributed by atoms with Gasteiger partial charge in [-0.2, -0.15) is 0 Å². The molecule has 0 amide bonds. The van der Waals surface area contributed by atoms with Crippen LogP contribution in [0.4, 0.5) is 0 Å². The summed E-state index contributed by atoms with van der Waals surface area (Å²) in [5.41, 5.74) is 7.90. The standard InChI is InChI=1S/C10H15NS/c1-7-5-8(6-12-7)9(11)10(2)3-4-10/h5-6,9H,3-4,11H2,1-2H3. The molecule has 1 unspecified atom stereocenters. The summed E-state index contributed by atoms with van der Waals surface area (Å²) in [6, 6.07) is 2.49. The largest absolute Gasteiger partial charge is 0.323 e. The number of thiophene rings is 1. The SMILES string of the molecule is Cc1cc(C(N)C2(C)CC2)cs1. The highest BCUT2D eigenvalue weighted by Gasteiger charge is 2.43. The zero-order valence-electron chi connectivity index (χ0n) is 7.63. The second-order valence-corrected chi connectivity index (χ2v) is 5.24. The average Bonchev–Trinajstić information content (AvgIpc) is 2.62. The number of rotatable bonds is 2. The van der Waals surface area contributed by atoms with Crippen LogP contribution in [-0.2, 0) is 0 Å². The molecule has 2 N–H and O–H groups in total. The molecule has 0 spiro atoms. The van der Waals surface area contributed by atoms with Gasteiger partial charge < -0.3 is 5.73 Å². The van der Waals surface area contributed by atoms with Crippen molar-refractivity contribution in [3.05, 3.63) is 21.9 Å². The molecular weight excluding hydrogens is 166 g/mol. The Labute approximate surface area is 77.6 Å². The van der Waals surface area contributed by atoms with E-state index < -0.39 is 0 Å². The van der Waals surface area contributed by atoms with Gasteiger partial charge >= 0.3 is 0 Å². The maximum atomic E-state index is 6.15. The number of hydrogen-bond donors (Lipinski definition) is 1. The Hall–Kier alpha value is -0.340. The molecule has 0 bridgehead atoms. The first kappa shape index (κ1) is 8.27. The lowest BCUT2D eigenvalue weighted by atomic mass is 9.95. The molecule has 1 aliphatic rings. The Morgan fingerprint density at radius 1 is 1.58 bits per heavy atom. The summed E-state index contributed by atoms with van der Waals surface area (Å²) in [5.74, 6) is 0. The highest BCUT2D eigenvalue weighted by Crippen LogP contribution is 2.53. The van der Waals surface area contributed by atoms with Gasteiger partial charge in [-0.15, -0.1) is 11.3 Å². The molecule has 2 heteroatoms. The highest BCUT2D eigenvalue weighted by molar-refractivity contribution is 7.10. The van der Waals surface area contributed by atoms with Gasteiger partial charge in [-0.3, -0.25) is 0 Å². The fourth-order valence-corrected chi connectivity index (χ4v) is 2.28. The first-order chi connectivity index (χ1) is 5.62. The van der Waals surface area contributed by atoms with Crippen LogP contribution in [0.3, 0.4) is 0 Å². The quantitative estimate of drug-likeness (QED) is 0.746. The van der Waals surface area contributed by atoms with E-state index in [1.807, 2.05) is 0 Å². The monoisotopic (exact) mass is 181 g/mol. The third-order valence-electron chi connectivity index (χ3n) is 2.90. The van der Waals surface area contributed by atoms with Gasteiger partial charge in [0.25, 0.3) is 0 Å². The lowest BCUT2D eigenvalue weighted by Gasteiger charge is -2.16. The Kier molecular flexibility index (Phi) is 1.77. The number of hydrogen-bond acceptors (Lipinski definition) is 2. The van der Waals surface area contributed by atoms with E-state index in [9.17, 15) is 0 Å². The minimum atomic E-state index is 0.266. The molecule has 1 aliphatic carbocycles. The van der Waals surface area contributed by atoms with E-state index >= 15 is 0 Å². The predicted molar refractivity (Wildman–Crippen MR) is 53.3 cm³/mol. The predicted octanol–water partition coefficient (Wildman–Crippen LogP) is 2.86. The van der Waals surface area contributed by atoms with Crippen LogP contribution in [0.15, 0.2) is 11.4 Å². The number of aryl methyl sites for hydroxylation is 1. The van der Waals surface area contributed by atoms with Crippen molar-refractivity contribution >= 4 is 11.3 Å². The van der Waals surface area contributed by atoms with Crippen molar-refractivity contribution in [1.82, 2.24) is 0 Å². The van der Waals surface area contributed by atoms with Crippen LogP contribution in [0.5, 0.6) is 0 Å². The lowest BCUT2D eigenvalue weighted by molar-refractivity contribution is 0.452. The van der Waals surface area contributed by atoms with Crippen LogP contribution >= 0.6 is 11.3 Å². The van der Waals surface area contributed by atoms with Crippen molar-refractivity contribution in [2.45, 2.75) is 32.7 Å². The first-order valence-electron chi connectivity index (χ1n) is 4.42. The summed E-state index contributed by atoms with van der Waals surface area (Å²) in [7, 11) is 0. The molecule has 0 aliphatic heterocycles. The average molecular weight is 181 g/mol. The normalized spacial score (nSPS) is 22.2. The molecule has 1 aromatic rings. The van der Waals surface area contributed by atoms with Crippen molar-refractivity contribution in [3.8, 4) is 0 Å². The van der Waals surface area contributed by atoms with Gasteiger partial charge in [0.1, 0.15) is 0 Å². The van der Waals surface area contributed by atoms with Crippen molar-refractivity contribution in [3.63, 3.8) is 0 Å². The van der Waals surface area contributed by atoms with Crippen LogP contribution in [0.25, 0.3) is 0 Å². The topological polar surface area (TPSA) is 26.0 Å². The zero-order chi connectivity index (χ0) is 8.77. The van der Waals surface area contributed by atoms with Gasteiger partial charge in [-0.05, 0) is 42.2 Å². The Morgan fingerprint density at radius 3 is 2.67 bits per heavy atom. The molecule has 1 aromatic heterocycles. The van der Waals surface area contributed by atoms with E-state index in [1.54, 1.807) is 11.3 Å². The van der Waals surface area contributed by atoms with Gasteiger partial charge in [-0.25, -0.2) is 0 Å². The fraction of sp³-hybridized carbons (Fsp3) is 0.600. The molecule has 1 saturated carbocycles. The van der Waals surface area contributed by atoms with Gasteiger partial charge in [-0.1, -0.05) is 6.92 Å². The molecule has 0 saturated heterocycles. The maximum Gasteiger partial charge on any atom is 0.0357 e. The Morgan fingerprint density at radius 2 is 2.25 bits per heavy atom. The molecule has 1 heterocycles. The van der Waals surface area contributed by atoms with E-state index in [1.165, 1.54) is 23.3 Å². The fourth-order valence-electron chi connectivity index (χ4n) is 1.54. The molecular formula is C10H15NS. The third kappa shape index (κ3) is 1.29. The molecule has 12 heavy (non-hydrogen) atoms. The van der Waals surface area contributed by atoms with Crippen LogP contribution < -0.4 is 5.73 Å². The molecule has 1 nitrogen and oxygen atoms in total. The van der Waals surface area contributed by atoms with Crippen LogP contribution in [0.2, 0.25) is 0 Å². The maximum absolute atomic E-state index is 6.15. The molecule has 2 rings (SSSR count). The Balaban J connectivity index is 2.19. The van der Waals surface area contributed by atoms with Gasteiger partial charge in [0, 0.05) is 10.9 Å². The summed E-state index contributed by atoms with van der Waals surface area (Å²) in [6.07, 6.45) is 2.59. The number of nitrogens with two attached hydrogens (primary N) is 1. The van der Waals surface area contributed by atoms with E-state index in [-0.39, 0.29) is 6.04 Å². The third-order valence-corrected chi connectivity index (χ3v) is 3.78. The minimum absolute atomic E-state index is 0.266. The smallest absolute Gasteiger partial charge is 0.0357 e. The summed E-state index contributed by atoms with van der Waals surface area (Å²) in [4.78, 5) is 1.37. The lowest BCUT2D eigenvalue weighted by Crippen LogP contribution is -2.19. The summed E-state index contributed by atoms with van der Waals surface area (Å²) < 4.78 is 0. The Bertz CT molecular complexity index is 286. The van der Waals surface area contributed by atoms with Gasteiger partial charge in [0.2, 0.25) is 0 Å². The van der Waals surface area contributed by atoms with E-state index in [4.69, 9.17) is 5.73 Å². The van der Waals surface area contributed by atoms with Crippen LogP contribution in [0, 0.1) is 12.3 Å². The molecule has 1 fully saturated rings. The summed E-state index contributed by atoms with van der Waals surface area (Å²) >= 11 is 1.80. The van der Waals surface area contributed by atoms with Crippen LogP contribution in [0.1, 0.15) is 36.2 Å². The van der Waals surface area contributed by atoms with Gasteiger partial charge in [0.15, 0.2) is 0 Å². The van der Waals surface area contributed by atoms with Gasteiger partial charge in [0.05, 0.1) is 0 Å². The summed E-state index contributed by atoms with van der Waals surface area (Å²) in [6.45, 7) is 4.42. The molecule has 0 aromatic carbocycles. The summed E-state index contributed by atoms with van der Waals surface area (Å²) in [5, 5.41) is 2.20. The van der Waals surface area contributed by atoms with Crippen molar-refractivity contribution in [1.29, 1.82) is 0 Å². The molecule has 1 atom stereocenters. The molecule has 66 valence electrons.